The van der Waals surface area contributed by atoms with Crippen molar-refractivity contribution in [3.63, 3.8) is 0 Å². The van der Waals surface area contributed by atoms with Gasteiger partial charge in [-0.3, -0.25) is 9.78 Å². The summed E-state index contributed by atoms with van der Waals surface area (Å²) >= 11 is 0. The highest BCUT2D eigenvalue weighted by Gasteiger charge is 2.11. The summed E-state index contributed by atoms with van der Waals surface area (Å²) in [6.45, 7) is 3.66. The van der Waals surface area contributed by atoms with E-state index >= 15 is 0 Å². The molecule has 3 rings (SSSR count). The minimum absolute atomic E-state index is 0.283. The van der Waals surface area contributed by atoms with Crippen LogP contribution >= 0.6 is 0 Å². The molecule has 0 aliphatic heterocycles. The van der Waals surface area contributed by atoms with Gasteiger partial charge in [0.2, 0.25) is 0 Å². The lowest BCUT2D eigenvalue weighted by Crippen LogP contribution is -2.20. The highest BCUT2D eigenvalue weighted by atomic mass is 16.2. The van der Waals surface area contributed by atoms with Crippen LogP contribution in [0.2, 0.25) is 0 Å². The van der Waals surface area contributed by atoms with Gasteiger partial charge in [-0.05, 0) is 43.7 Å². The summed E-state index contributed by atoms with van der Waals surface area (Å²) in [7, 11) is 0. The predicted octanol–water partition coefficient (Wildman–Crippen LogP) is 3.57. The van der Waals surface area contributed by atoms with Crippen molar-refractivity contribution in [2.45, 2.75) is 13.8 Å². The number of aromatic nitrogens is 1. The van der Waals surface area contributed by atoms with Gasteiger partial charge in [0, 0.05) is 11.1 Å². The number of aryl methyl sites for hydroxylation is 1. The summed E-state index contributed by atoms with van der Waals surface area (Å²) in [5.41, 5.74) is 6.78. The Morgan fingerprint density at radius 1 is 1.16 bits per heavy atom. The lowest BCUT2D eigenvalue weighted by atomic mass is 10.1. The number of nitrogens with zero attached hydrogens (tertiary/aromatic N) is 3. The molecule has 1 amide bonds. The topological polar surface area (TPSA) is 78.1 Å². The van der Waals surface area contributed by atoms with E-state index in [2.05, 4.69) is 21.6 Å². The third-order valence-electron chi connectivity index (χ3n) is 3.85. The van der Waals surface area contributed by atoms with Gasteiger partial charge >= 0.3 is 0 Å². The van der Waals surface area contributed by atoms with E-state index in [4.69, 9.17) is 5.26 Å². The first-order chi connectivity index (χ1) is 12.1. The first kappa shape index (κ1) is 16.3. The van der Waals surface area contributed by atoms with Gasteiger partial charge in [-0.15, -0.1) is 0 Å². The predicted molar refractivity (Wildman–Crippen MR) is 97.3 cm³/mol. The number of nitrogens with one attached hydrogen (secondary N) is 1. The first-order valence-corrected chi connectivity index (χ1v) is 7.80. The molecule has 1 N–H and O–H groups in total. The zero-order valence-corrected chi connectivity index (χ0v) is 13.9. The number of benzene rings is 2. The van der Waals surface area contributed by atoms with Crippen molar-refractivity contribution in [3.8, 4) is 6.07 Å². The van der Waals surface area contributed by atoms with Crippen LogP contribution in [0.4, 0.5) is 0 Å². The van der Waals surface area contributed by atoms with E-state index in [-0.39, 0.29) is 5.91 Å². The number of hydrazone groups is 1. The molecular formula is C20H16N4O. The summed E-state index contributed by atoms with van der Waals surface area (Å²) in [4.78, 5) is 17.0. The number of nitriles is 1. The number of carbonyl (C=O) groups is 1. The Bertz CT molecular complexity index is 1010. The summed E-state index contributed by atoms with van der Waals surface area (Å²) < 4.78 is 0. The van der Waals surface area contributed by atoms with Crippen LogP contribution in [0.5, 0.6) is 0 Å². The number of hydrogen-bond acceptors (Lipinski definition) is 4. The van der Waals surface area contributed by atoms with E-state index in [1.54, 1.807) is 37.3 Å². The van der Waals surface area contributed by atoms with Crippen LogP contribution in [0, 0.1) is 18.3 Å². The first-order valence-electron chi connectivity index (χ1n) is 7.80. The SMILES string of the molecule is C/C(=N/NC(=O)c1cc(C)nc2ccccc12)c1ccc(C#N)cc1. The molecule has 0 unspecified atom stereocenters. The van der Waals surface area contributed by atoms with Crippen molar-refractivity contribution >= 4 is 22.5 Å². The molecule has 3 aromatic rings. The molecule has 0 saturated heterocycles. The molecule has 0 saturated carbocycles. The molecule has 0 spiro atoms. The number of rotatable bonds is 3. The fraction of sp³-hybridized carbons (Fsp3) is 0.100. The van der Waals surface area contributed by atoms with Gasteiger partial charge in [0.05, 0.1) is 28.4 Å². The number of amides is 1. The van der Waals surface area contributed by atoms with Gasteiger partial charge in [-0.2, -0.15) is 10.4 Å². The molecule has 0 fully saturated rings. The largest absolute Gasteiger partial charge is 0.272 e. The molecule has 0 aliphatic rings. The Morgan fingerprint density at radius 3 is 2.60 bits per heavy atom. The van der Waals surface area contributed by atoms with Crippen LogP contribution in [0.1, 0.15) is 34.1 Å². The fourth-order valence-corrected chi connectivity index (χ4v) is 2.54. The highest BCUT2D eigenvalue weighted by Crippen LogP contribution is 2.18. The lowest BCUT2D eigenvalue weighted by molar-refractivity contribution is 0.0956. The minimum Gasteiger partial charge on any atom is -0.267 e. The van der Waals surface area contributed by atoms with Crippen molar-refractivity contribution in [2.24, 2.45) is 5.10 Å². The quantitative estimate of drug-likeness (QED) is 0.590. The smallest absolute Gasteiger partial charge is 0.267 e. The third kappa shape index (κ3) is 3.54. The minimum atomic E-state index is -0.283. The number of pyridine rings is 1. The van der Waals surface area contributed by atoms with Crippen molar-refractivity contribution in [3.05, 3.63) is 77.0 Å². The highest BCUT2D eigenvalue weighted by molar-refractivity contribution is 6.07. The Morgan fingerprint density at radius 2 is 1.88 bits per heavy atom. The van der Waals surface area contributed by atoms with Crippen LogP contribution in [-0.2, 0) is 0 Å². The molecule has 0 bridgehead atoms. The van der Waals surface area contributed by atoms with Crippen molar-refractivity contribution in [2.75, 3.05) is 0 Å². The molecule has 1 aromatic heterocycles. The summed E-state index contributed by atoms with van der Waals surface area (Å²) in [5.74, 6) is -0.283. The van der Waals surface area contributed by atoms with Crippen LogP contribution in [0.15, 0.2) is 59.7 Å². The fourth-order valence-electron chi connectivity index (χ4n) is 2.54. The second kappa shape index (κ2) is 6.93. The van der Waals surface area contributed by atoms with Gasteiger partial charge in [0.25, 0.3) is 5.91 Å². The van der Waals surface area contributed by atoms with E-state index < -0.39 is 0 Å². The second-order valence-corrected chi connectivity index (χ2v) is 5.66. The van der Waals surface area contributed by atoms with Gasteiger partial charge < -0.3 is 0 Å². The van der Waals surface area contributed by atoms with Crippen molar-refractivity contribution < 1.29 is 4.79 Å². The number of hydrogen-bond donors (Lipinski definition) is 1. The molecule has 1 heterocycles. The van der Waals surface area contributed by atoms with E-state index in [1.807, 2.05) is 31.2 Å². The maximum Gasteiger partial charge on any atom is 0.272 e. The average Bonchev–Trinajstić information content (AvgIpc) is 2.65. The molecule has 5 nitrogen and oxygen atoms in total. The molecule has 25 heavy (non-hydrogen) atoms. The van der Waals surface area contributed by atoms with Gasteiger partial charge in [-0.1, -0.05) is 30.3 Å². The Hall–Kier alpha value is -3.52. The molecule has 0 atom stereocenters. The molecular weight excluding hydrogens is 312 g/mol. The van der Waals surface area contributed by atoms with Gasteiger partial charge in [-0.25, -0.2) is 5.43 Å². The molecule has 122 valence electrons. The normalized spacial score (nSPS) is 11.2. The number of carbonyl (C=O) groups excluding carboxylic acids is 1. The summed E-state index contributed by atoms with van der Waals surface area (Å²) in [6.07, 6.45) is 0. The van der Waals surface area contributed by atoms with Crippen molar-refractivity contribution in [1.82, 2.24) is 10.4 Å². The van der Waals surface area contributed by atoms with Crippen LogP contribution in [0.25, 0.3) is 10.9 Å². The zero-order valence-electron chi connectivity index (χ0n) is 13.9. The van der Waals surface area contributed by atoms with Crippen molar-refractivity contribution in [1.29, 1.82) is 5.26 Å². The molecule has 5 heteroatoms. The van der Waals surface area contributed by atoms with Crippen LogP contribution in [-0.4, -0.2) is 16.6 Å². The Kier molecular flexibility index (Phi) is 4.53. The second-order valence-electron chi connectivity index (χ2n) is 5.66. The Labute approximate surface area is 145 Å². The maximum atomic E-state index is 12.6. The molecule has 0 aliphatic carbocycles. The molecule has 0 radical (unpaired) electrons. The van der Waals surface area contributed by atoms with E-state index in [0.29, 0.717) is 16.8 Å². The van der Waals surface area contributed by atoms with Gasteiger partial charge in [0.15, 0.2) is 0 Å². The third-order valence-corrected chi connectivity index (χ3v) is 3.85. The Balaban J connectivity index is 1.86. The summed E-state index contributed by atoms with van der Waals surface area (Å²) in [5, 5.41) is 13.8. The van der Waals surface area contributed by atoms with E-state index in [9.17, 15) is 4.79 Å². The zero-order chi connectivity index (χ0) is 17.8. The molecule has 2 aromatic carbocycles. The lowest BCUT2D eigenvalue weighted by Gasteiger charge is -2.07. The van der Waals surface area contributed by atoms with Crippen LogP contribution in [0.3, 0.4) is 0 Å². The number of fused-ring (bicyclic) bond motifs is 1. The van der Waals surface area contributed by atoms with E-state index in [1.165, 1.54) is 0 Å². The van der Waals surface area contributed by atoms with Gasteiger partial charge in [0.1, 0.15) is 0 Å². The maximum absolute atomic E-state index is 12.6. The average molecular weight is 328 g/mol. The standard InChI is InChI=1S/C20H16N4O/c1-13-11-18(17-5-3-4-6-19(17)22-13)20(25)24-23-14(2)16-9-7-15(12-21)8-10-16/h3-11H,1-2H3,(H,24,25)/b23-14-. The van der Waals surface area contributed by atoms with Crippen LogP contribution < -0.4 is 5.43 Å². The van der Waals surface area contributed by atoms with E-state index in [0.717, 1.165) is 22.2 Å². The number of para-hydroxylation sites is 1. The monoisotopic (exact) mass is 328 g/mol. The summed E-state index contributed by atoms with van der Waals surface area (Å²) in [6, 6.07) is 18.4.